The molecule has 0 fully saturated rings. The summed E-state index contributed by atoms with van der Waals surface area (Å²) in [6.07, 6.45) is 6.52. The van der Waals surface area contributed by atoms with Gasteiger partial charge in [-0.3, -0.25) is 0 Å². The van der Waals surface area contributed by atoms with E-state index in [-0.39, 0.29) is 0 Å². The van der Waals surface area contributed by atoms with Crippen LogP contribution in [0.1, 0.15) is 48.1 Å². The smallest absolute Gasteiger partial charge is 0.0241 e. The first-order chi connectivity index (χ1) is 7.65. The fraction of sp³-hybridized carbons (Fsp3) is 0.500. The molecule has 0 heterocycles. The third-order valence-electron chi connectivity index (χ3n) is 3.48. The van der Waals surface area contributed by atoms with Crippen molar-refractivity contribution in [2.45, 2.75) is 53.4 Å². The standard InChI is InChI=1S/C16H24/c1-6-9-10-14-11-12(4)15(7-2)13(5)16(14)8-3/h6,11H,1,7-10H2,2-5H3. The highest BCUT2D eigenvalue weighted by Gasteiger charge is 2.10. The Balaban J connectivity index is 3.23. The molecule has 1 aromatic carbocycles. The van der Waals surface area contributed by atoms with Crippen molar-refractivity contribution in [3.05, 3.63) is 46.5 Å². The van der Waals surface area contributed by atoms with Crippen LogP contribution in [0.4, 0.5) is 0 Å². The second-order valence-corrected chi connectivity index (χ2v) is 4.47. The first-order valence-corrected chi connectivity index (χ1v) is 6.37. The lowest BCUT2D eigenvalue weighted by Gasteiger charge is -2.17. The zero-order valence-corrected chi connectivity index (χ0v) is 11.2. The largest absolute Gasteiger partial charge is 0.103 e. The Morgan fingerprint density at radius 3 is 2.25 bits per heavy atom. The highest BCUT2D eigenvalue weighted by molar-refractivity contribution is 5.45. The van der Waals surface area contributed by atoms with Crippen LogP contribution in [0.2, 0.25) is 0 Å². The van der Waals surface area contributed by atoms with Crippen molar-refractivity contribution in [1.29, 1.82) is 0 Å². The van der Waals surface area contributed by atoms with Gasteiger partial charge in [0.25, 0.3) is 0 Å². The van der Waals surface area contributed by atoms with Crippen LogP contribution in [0.5, 0.6) is 0 Å². The van der Waals surface area contributed by atoms with Gasteiger partial charge in [-0.25, -0.2) is 0 Å². The van der Waals surface area contributed by atoms with Gasteiger partial charge in [-0.05, 0) is 67.3 Å². The maximum Gasteiger partial charge on any atom is -0.0241 e. The number of aryl methyl sites for hydroxylation is 2. The average molecular weight is 216 g/mol. The molecule has 1 rings (SSSR count). The predicted octanol–water partition coefficient (Wildman–Crippen LogP) is 4.55. The zero-order valence-electron chi connectivity index (χ0n) is 11.2. The molecule has 0 nitrogen and oxygen atoms in total. The lowest BCUT2D eigenvalue weighted by atomic mass is 9.88. The molecule has 0 amide bonds. The number of hydrogen-bond acceptors (Lipinski definition) is 0. The lowest BCUT2D eigenvalue weighted by Crippen LogP contribution is -2.02. The van der Waals surface area contributed by atoms with Crippen LogP contribution in [0, 0.1) is 13.8 Å². The molecule has 16 heavy (non-hydrogen) atoms. The van der Waals surface area contributed by atoms with E-state index in [9.17, 15) is 0 Å². The molecule has 0 saturated carbocycles. The summed E-state index contributed by atoms with van der Waals surface area (Å²) in [6, 6.07) is 2.38. The molecular weight excluding hydrogens is 192 g/mol. The van der Waals surface area contributed by atoms with Gasteiger partial charge in [0, 0.05) is 0 Å². The lowest BCUT2D eigenvalue weighted by molar-refractivity contribution is 0.932. The van der Waals surface area contributed by atoms with E-state index in [1.165, 1.54) is 16.7 Å². The zero-order chi connectivity index (χ0) is 12.1. The van der Waals surface area contributed by atoms with E-state index in [4.69, 9.17) is 0 Å². The van der Waals surface area contributed by atoms with Gasteiger partial charge in [-0.2, -0.15) is 0 Å². The fourth-order valence-corrected chi connectivity index (χ4v) is 2.67. The van der Waals surface area contributed by atoms with E-state index in [1.807, 2.05) is 6.08 Å². The number of rotatable bonds is 5. The summed E-state index contributed by atoms with van der Waals surface area (Å²) in [5, 5.41) is 0. The van der Waals surface area contributed by atoms with Crippen molar-refractivity contribution < 1.29 is 0 Å². The third-order valence-corrected chi connectivity index (χ3v) is 3.48. The second kappa shape index (κ2) is 5.89. The maximum atomic E-state index is 3.81. The fourth-order valence-electron chi connectivity index (χ4n) is 2.67. The summed E-state index contributed by atoms with van der Waals surface area (Å²) in [5.41, 5.74) is 7.60. The first kappa shape index (κ1) is 13.0. The average Bonchev–Trinajstić information content (AvgIpc) is 2.26. The molecule has 88 valence electrons. The molecule has 0 aliphatic rings. The minimum absolute atomic E-state index is 1.08. The first-order valence-electron chi connectivity index (χ1n) is 6.37. The molecule has 0 atom stereocenters. The summed E-state index contributed by atoms with van der Waals surface area (Å²) in [5.74, 6) is 0. The van der Waals surface area contributed by atoms with Gasteiger partial charge in [0.05, 0.1) is 0 Å². The molecule has 0 saturated heterocycles. The Labute approximate surface area is 100 Å². The number of benzene rings is 1. The van der Waals surface area contributed by atoms with E-state index in [0.717, 1.165) is 25.7 Å². The molecule has 1 aromatic rings. The second-order valence-electron chi connectivity index (χ2n) is 4.47. The minimum atomic E-state index is 1.08. The Kier molecular flexibility index (Phi) is 4.79. The summed E-state index contributed by atoms with van der Waals surface area (Å²) >= 11 is 0. The van der Waals surface area contributed by atoms with Crippen LogP contribution < -0.4 is 0 Å². The topological polar surface area (TPSA) is 0 Å². The van der Waals surface area contributed by atoms with Gasteiger partial charge >= 0.3 is 0 Å². The van der Waals surface area contributed by atoms with Gasteiger partial charge in [-0.1, -0.05) is 26.0 Å². The van der Waals surface area contributed by atoms with Crippen molar-refractivity contribution in [2.24, 2.45) is 0 Å². The van der Waals surface area contributed by atoms with Gasteiger partial charge in [0.15, 0.2) is 0 Å². The monoisotopic (exact) mass is 216 g/mol. The Morgan fingerprint density at radius 2 is 1.75 bits per heavy atom. The van der Waals surface area contributed by atoms with Crippen LogP contribution in [0.15, 0.2) is 18.7 Å². The molecule has 0 aromatic heterocycles. The molecule has 0 heteroatoms. The summed E-state index contributed by atoms with van der Waals surface area (Å²) < 4.78 is 0. The minimum Gasteiger partial charge on any atom is -0.103 e. The molecule has 0 radical (unpaired) electrons. The molecule has 0 N–H and O–H groups in total. The Hall–Kier alpha value is -1.04. The summed E-state index contributed by atoms with van der Waals surface area (Å²) in [6.45, 7) is 12.8. The van der Waals surface area contributed by atoms with Crippen LogP contribution >= 0.6 is 0 Å². The Morgan fingerprint density at radius 1 is 1.12 bits per heavy atom. The summed E-state index contributed by atoms with van der Waals surface area (Å²) in [4.78, 5) is 0. The van der Waals surface area contributed by atoms with Crippen molar-refractivity contribution in [1.82, 2.24) is 0 Å². The van der Waals surface area contributed by atoms with Crippen LogP contribution in [-0.2, 0) is 19.3 Å². The van der Waals surface area contributed by atoms with E-state index < -0.39 is 0 Å². The maximum absolute atomic E-state index is 3.81. The van der Waals surface area contributed by atoms with Crippen LogP contribution in [0.3, 0.4) is 0 Å². The molecule has 0 unspecified atom stereocenters. The summed E-state index contributed by atoms with van der Waals surface area (Å²) in [7, 11) is 0. The number of allylic oxidation sites excluding steroid dienone is 1. The van der Waals surface area contributed by atoms with Crippen LogP contribution in [-0.4, -0.2) is 0 Å². The molecule has 0 bridgehead atoms. The van der Waals surface area contributed by atoms with Gasteiger partial charge in [0.2, 0.25) is 0 Å². The highest BCUT2D eigenvalue weighted by Crippen LogP contribution is 2.24. The predicted molar refractivity (Wildman–Crippen MR) is 73.2 cm³/mol. The van der Waals surface area contributed by atoms with Crippen molar-refractivity contribution in [2.75, 3.05) is 0 Å². The van der Waals surface area contributed by atoms with Gasteiger partial charge in [-0.15, -0.1) is 6.58 Å². The van der Waals surface area contributed by atoms with E-state index >= 15 is 0 Å². The SMILES string of the molecule is C=CCCc1cc(C)c(CC)c(C)c1CC. The van der Waals surface area contributed by atoms with Crippen molar-refractivity contribution in [3.8, 4) is 0 Å². The molecule has 0 spiro atoms. The molecular formula is C16H24. The number of hydrogen-bond donors (Lipinski definition) is 0. The molecule has 0 aliphatic carbocycles. The molecule has 0 aliphatic heterocycles. The normalized spacial score (nSPS) is 10.5. The van der Waals surface area contributed by atoms with Gasteiger partial charge in [0.1, 0.15) is 0 Å². The van der Waals surface area contributed by atoms with Crippen molar-refractivity contribution >= 4 is 0 Å². The quantitative estimate of drug-likeness (QED) is 0.634. The third kappa shape index (κ3) is 2.55. The van der Waals surface area contributed by atoms with E-state index in [0.29, 0.717) is 0 Å². The van der Waals surface area contributed by atoms with E-state index in [1.54, 1.807) is 11.1 Å². The Bertz CT molecular complexity index is 372. The van der Waals surface area contributed by atoms with Crippen LogP contribution in [0.25, 0.3) is 0 Å². The van der Waals surface area contributed by atoms with Crippen molar-refractivity contribution in [3.63, 3.8) is 0 Å². The highest BCUT2D eigenvalue weighted by atomic mass is 14.1. The van der Waals surface area contributed by atoms with E-state index in [2.05, 4.69) is 40.3 Å². The van der Waals surface area contributed by atoms with Gasteiger partial charge < -0.3 is 0 Å².